The molecule has 0 radical (unpaired) electrons. The third-order valence-electron chi connectivity index (χ3n) is 3.32. The smallest absolute Gasteiger partial charge is 0.192 e. The number of thiol groups is 1. The fourth-order valence-electron chi connectivity index (χ4n) is 1.90. The zero-order valence-corrected chi connectivity index (χ0v) is 10.7. The summed E-state index contributed by atoms with van der Waals surface area (Å²) in [5.74, 6) is 0. The van der Waals surface area contributed by atoms with Crippen LogP contribution in [0.1, 0.15) is 65.7 Å². The molecule has 0 heterocycles. The Morgan fingerprint density at radius 2 is 1.64 bits per heavy atom. The highest BCUT2D eigenvalue weighted by Crippen LogP contribution is 2.35. The van der Waals surface area contributed by atoms with Gasteiger partial charge in [0.25, 0.3) is 0 Å². The topological polar surface area (TPSA) is 17.1 Å². The molecule has 0 amide bonds. The van der Waals surface area contributed by atoms with Crippen LogP contribution in [0.25, 0.3) is 0 Å². The van der Waals surface area contributed by atoms with Crippen molar-refractivity contribution in [1.82, 2.24) is 0 Å². The van der Waals surface area contributed by atoms with Crippen LogP contribution >= 0.6 is 12.6 Å². The predicted octanol–water partition coefficient (Wildman–Crippen LogP) is 4.22. The quantitative estimate of drug-likeness (QED) is 0.475. The largest absolute Gasteiger partial charge is 0.287 e. The van der Waals surface area contributed by atoms with Crippen molar-refractivity contribution in [2.75, 3.05) is 0 Å². The lowest BCUT2D eigenvalue weighted by Crippen LogP contribution is -2.26. The monoisotopic (exact) mass is 216 g/mol. The highest BCUT2D eigenvalue weighted by Gasteiger charge is 2.31. The summed E-state index contributed by atoms with van der Waals surface area (Å²) in [6.45, 7) is 6.39. The molecule has 0 aliphatic rings. The van der Waals surface area contributed by atoms with Gasteiger partial charge in [0.1, 0.15) is 0 Å². The average Bonchev–Trinajstić information content (AvgIpc) is 2.18. The first-order valence-electron chi connectivity index (χ1n) is 5.86. The maximum atomic E-state index is 11.5. The second-order valence-electron chi connectivity index (χ2n) is 4.10. The van der Waals surface area contributed by atoms with Crippen molar-refractivity contribution in [3.8, 4) is 0 Å². The summed E-state index contributed by atoms with van der Waals surface area (Å²) < 4.78 is 0. The normalized spacial score (nSPS) is 11.7. The first-order chi connectivity index (χ1) is 6.63. The van der Waals surface area contributed by atoms with Gasteiger partial charge < -0.3 is 0 Å². The molecule has 0 saturated heterocycles. The first-order valence-corrected chi connectivity index (χ1v) is 6.31. The molecule has 0 atom stereocenters. The SMILES string of the molecule is CCCCCCC(CC)(CC)C(=O)S. The van der Waals surface area contributed by atoms with Crippen molar-refractivity contribution in [3.63, 3.8) is 0 Å². The van der Waals surface area contributed by atoms with Gasteiger partial charge in [-0.2, -0.15) is 0 Å². The lowest BCUT2D eigenvalue weighted by Gasteiger charge is -2.27. The lowest BCUT2D eigenvalue weighted by atomic mass is 9.79. The summed E-state index contributed by atoms with van der Waals surface area (Å²) in [6, 6.07) is 0. The van der Waals surface area contributed by atoms with Gasteiger partial charge in [0.15, 0.2) is 5.12 Å². The van der Waals surface area contributed by atoms with Crippen molar-refractivity contribution < 1.29 is 4.79 Å². The van der Waals surface area contributed by atoms with Crippen molar-refractivity contribution >= 4 is 17.7 Å². The Kier molecular flexibility index (Phi) is 7.34. The molecule has 14 heavy (non-hydrogen) atoms. The molecule has 84 valence electrons. The standard InChI is InChI=1S/C12H24OS/c1-4-7-8-9-10-12(5-2,6-3)11(13)14/h4-10H2,1-3H3,(H,13,14). The van der Waals surface area contributed by atoms with E-state index in [1.807, 2.05) is 0 Å². The Morgan fingerprint density at radius 3 is 2.00 bits per heavy atom. The molecule has 0 bridgehead atoms. The summed E-state index contributed by atoms with van der Waals surface area (Å²) in [5.41, 5.74) is -0.142. The summed E-state index contributed by atoms with van der Waals surface area (Å²) in [7, 11) is 0. The summed E-state index contributed by atoms with van der Waals surface area (Å²) in [4.78, 5) is 11.5. The molecule has 0 spiro atoms. The number of hydrogen-bond acceptors (Lipinski definition) is 1. The van der Waals surface area contributed by atoms with Crippen LogP contribution in [0.4, 0.5) is 0 Å². The fraction of sp³-hybridized carbons (Fsp3) is 0.917. The maximum absolute atomic E-state index is 11.5. The molecule has 1 nitrogen and oxygen atoms in total. The highest BCUT2D eigenvalue weighted by molar-refractivity contribution is 7.96. The number of hydrogen-bond donors (Lipinski definition) is 1. The average molecular weight is 216 g/mol. The van der Waals surface area contributed by atoms with E-state index in [2.05, 4.69) is 33.4 Å². The van der Waals surface area contributed by atoms with Gasteiger partial charge in [-0.3, -0.25) is 4.79 Å². The van der Waals surface area contributed by atoms with Crippen LogP contribution in [0.5, 0.6) is 0 Å². The number of unbranched alkanes of at least 4 members (excludes halogenated alkanes) is 3. The first kappa shape index (κ1) is 14.0. The molecule has 0 saturated carbocycles. The van der Waals surface area contributed by atoms with Crippen LogP contribution in [0, 0.1) is 5.41 Å². The second-order valence-corrected chi connectivity index (χ2v) is 4.51. The van der Waals surface area contributed by atoms with Gasteiger partial charge in [0.2, 0.25) is 0 Å². The minimum absolute atomic E-state index is 0.0824. The second kappa shape index (κ2) is 7.33. The van der Waals surface area contributed by atoms with Crippen molar-refractivity contribution in [1.29, 1.82) is 0 Å². The summed E-state index contributed by atoms with van der Waals surface area (Å²) in [6.07, 6.45) is 7.82. The maximum Gasteiger partial charge on any atom is 0.192 e. The van der Waals surface area contributed by atoms with E-state index >= 15 is 0 Å². The lowest BCUT2D eigenvalue weighted by molar-refractivity contribution is -0.120. The number of carbonyl (C=O) groups is 1. The minimum Gasteiger partial charge on any atom is -0.287 e. The number of rotatable bonds is 8. The van der Waals surface area contributed by atoms with Crippen LogP contribution in [0.2, 0.25) is 0 Å². The van der Waals surface area contributed by atoms with Crippen LogP contribution in [0.3, 0.4) is 0 Å². The Labute approximate surface area is 94.1 Å². The van der Waals surface area contributed by atoms with Crippen LogP contribution in [-0.4, -0.2) is 5.12 Å². The highest BCUT2D eigenvalue weighted by atomic mass is 32.1. The molecule has 0 fully saturated rings. The number of carbonyl (C=O) groups excluding carboxylic acids is 1. The molecule has 0 aromatic rings. The van der Waals surface area contributed by atoms with Gasteiger partial charge in [-0.05, 0) is 19.3 Å². The van der Waals surface area contributed by atoms with Crippen molar-refractivity contribution in [2.45, 2.75) is 65.7 Å². The van der Waals surface area contributed by atoms with E-state index in [4.69, 9.17) is 0 Å². The van der Waals surface area contributed by atoms with Gasteiger partial charge in [-0.25, -0.2) is 0 Å². The van der Waals surface area contributed by atoms with E-state index in [0.717, 1.165) is 19.3 Å². The van der Waals surface area contributed by atoms with Gasteiger partial charge in [0.05, 0.1) is 0 Å². The third-order valence-corrected chi connectivity index (χ3v) is 3.79. The van der Waals surface area contributed by atoms with Crippen LogP contribution in [0.15, 0.2) is 0 Å². The molecule has 0 aromatic heterocycles. The third kappa shape index (κ3) is 4.04. The predicted molar refractivity (Wildman–Crippen MR) is 65.8 cm³/mol. The molecule has 0 rings (SSSR count). The Balaban J connectivity index is 4.02. The molecule has 0 N–H and O–H groups in total. The Bertz CT molecular complexity index is 162. The fourth-order valence-corrected chi connectivity index (χ4v) is 2.33. The Morgan fingerprint density at radius 1 is 1.07 bits per heavy atom. The van der Waals surface area contributed by atoms with Crippen molar-refractivity contribution in [3.05, 3.63) is 0 Å². The van der Waals surface area contributed by atoms with E-state index in [9.17, 15) is 4.79 Å². The van der Waals surface area contributed by atoms with Gasteiger partial charge >= 0.3 is 0 Å². The molecule has 2 heteroatoms. The van der Waals surface area contributed by atoms with Crippen molar-refractivity contribution in [2.24, 2.45) is 5.41 Å². The molecule has 0 unspecified atom stereocenters. The molecule has 0 aliphatic carbocycles. The zero-order valence-electron chi connectivity index (χ0n) is 9.81. The Hall–Kier alpha value is 0.0200. The van der Waals surface area contributed by atoms with Gasteiger partial charge in [-0.15, -0.1) is 12.6 Å². The molecular formula is C12H24OS. The molecule has 0 aliphatic heterocycles. The van der Waals surface area contributed by atoms with Crippen LogP contribution < -0.4 is 0 Å². The molecular weight excluding hydrogens is 192 g/mol. The van der Waals surface area contributed by atoms with E-state index in [-0.39, 0.29) is 10.5 Å². The van der Waals surface area contributed by atoms with E-state index < -0.39 is 0 Å². The zero-order chi connectivity index (χ0) is 11.0. The van der Waals surface area contributed by atoms with Gasteiger partial charge in [0, 0.05) is 5.41 Å². The van der Waals surface area contributed by atoms with E-state index in [1.54, 1.807) is 0 Å². The van der Waals surface area contributed by atoms with Crippen LogP contribution in [-0.2, 0) is 4.79 Å². The van der Waals surface area contributed by atoms with Gasteiger partial charge in [-0.1, -0.05) is 46.5 Å². The van der Waals surface area contributed by atoms with E-state index in [1.165, 1.54) is 25.7 Å². The van der Waals surface area contributed by atoms with E-state index in [0.29, 0.717) is 0 Å². The summed E-state index contributed by atoms with van der Waals surface area (Å²) >= 11 is 4.03. The minimum atomic E-state index is -0.142. The summed E-state index contributed by atoms with van der Waals surface area (Å²) in [5, 5.41) is 0.0824. The molecule has 0 aromatic carbocycles.